The molecule has 0 aliphatic carbocycles. The number of hydrogen-bond acceptors (Lipinski definition) is 1. The summed E-state index contributed by atoms with van der Waals surface area (Å²) in [5.74, 6) is 0. The van der Waals surface area contributed by atoms with Crippen LogP contribution in [0.3, 0.4) is 0 Å². The van der Waals surface area contributed by atoms with E-state index in [1.165, 1.54) is 5.56 Å². The number of hydrogen-bond donors (Lipinski definition) is 0. The Bertz CT molecular complexity index is 191. The van der Waals surface area contributed by atoms with Gasteiger partial charge in [-0.1, -0.05) is 0 Å². The van der Waals surface area contributed by atoms with Gasteiger partial charge in [0.15, 0.2) is 0 Å². The molecule has 1 nitrogen and oxygen atoms in total. The summed E-state index contributed by atoms with van der Waals surface area (Å²) in [5.41, 5.74) is 1.25. The zero-order valence-corrected chi connectivity index (χ0v) is 9.17. The van der Waals surface area contributed by atoms with E-state index >= 15 is 0 Å². The molecule has 1 aromatic carbocycles. The van der Waals surface area contributed by atoms with Gasteiger partial charge in [-0.05, 0) is 0 Å². The minimum absolute atomic E-state index is 0. The molecule has 0 saturated carbocycles. The van der Waals surface area contributed by atoms with E-state index in [1.807, 2.05) is 39.9 Å². The van der Waals surface area contributed by atoms with Crippen LogP contribution in [0.15, 0.2) is 30.3 Å². The molecule has 1 aromatic rings. The Morgan fingerprint density at radius 1 is 1.17 bits per heavy atom. The van der Waals surface area contributed by atoms with E-state index in [0.29, 0.717) is 0 Å². The van der Waals surface area contributed by atoms with Crippen molar-refractivity contribution in [1.82, 2.24) is 0 Å². The normalized spacial score (nSPS) is 9.17. The predicted molar refractivity (Wildman–Crippen MR) is 46.7 cm³/mol. The minimum atomic E-state index is 0. The third-order valence-electron chi connectivity index (χ3n) is 1.40. The van der Waals surface area contributed by atoms with E-state index in [4.69, 9.17) is 4.74 Å². The molecule has 0 bridgehead atoms. The Kier molecular flexibility index (Phi) is 8.02. The monoisotopic (exact) mass is 194 g/mol. The fraction of sp³-hybridized carbons (Fsp3) is 0.333. The summed E-state index contributed by atoms with van der Waals surface area (Å²) < 4.78 is 6.49. The Morgan fingerprint density at radius 2 is 1.83 bits per heavy atom. The zero-order valence-electron chi connectivity index (χ0n) is 7.00. The van der Waals surface area contributed by atoms with Crippen molar-refractivity contribution in [3.05, 3.63) is 35.9 Å². The van der Waals surface area contributed by atoms with Crippen molar-refractivity contribution >= 4 is 21.7 Å². The van der Waals surface area contributed by atoms with Crippen molar-refractivity contribution in [1.29, 1.82) is 0 Å². The second-order valence-corrected chi connectivity index (χ2v) is 3.10. The summed E-state index contributed by atoms with van der Waals surface area (Å²) in [5, 5.41) is 0. The van der Waals surface area contributed by atoms with Crippen LogP contribution in [-0.4, -0.2) is 28.3 Å². The van der Waals surface area contributed by atoms with Gasteiger partial charge < -0.3 is 12.4 Å². The average molecular weight is 195 g/mol. The molecule has 0 radical (unpaired) electrons. The van der Waals surface area contributed by atoms with E-state index < -0.39 is 0 Å². The quantitative estimate of drug-likeness (QED) is 0.432. The van der Waals surface area contributed by atoms with Crippen molar-refractivity contribution in [3.63, 3.8) is 0 Å². The average Bonchev–Trinajstić information content (AvgIpc) is 2.07. The van der Waals surface area contributed by atoms with Crippen molar-refractivity contribution in [2.45, 2.75) is 11.2 Å². The van der Waals surface area contributed by atoms with Crippen molar-refractivity contribution < 1.29 is 17.1 Å². The van der Waals surface area contributed by atoms with E-state index in [1.54, 1.807) is 0 Å². The van der Waals surface area contributed by atoms with E-state index in [0.717, 1.165) is 17.8 Å². The third kappa shape index (κ3) is 4.98. The molecular weight excluding hydrogens is 184 g/mol. The van der Waals surface area contributed by atoms with Gasteiger partial charge in [0.1, 0.15) is 0 Å². The van der Waals surface area contributed by atoms with Gasteiger partial charge in [0, 0.05) is 0 Å². The van der Waals surface area contributed by atoms with Gasteiger partial charge in [0.2, 0.25) is 0 Å². The molecule has 0 aromatic heterocycles. The first-order valence-electron chi connectivity index (χ1n) is 3.84. The fourth-order valence-corrected chi connectivity index (χ4v) is 1.07. The molecule has 0 atom stereocenters. The summed E-state index contributed by atoms with van der Waals surface area (Å²) in [4.78, 5) is 0. The van der Waals surface area contributed by atoms with Gasteiger partial charge in [0.25, 0.3) is 0 Å². The number of ether oxygens (including phenoxy) is 1. The molecule has 0 fully saturated rings. The molecule has 62 valence electrons. The Hall–Kier alpha value is 0.236. The van der Waals surface area contributed by atoms with Gasteiger partial charge in [0.05, 0.1) is 0 Å². The molecule has 0 aliphatic heterocycles. The van der Waals surface area contributed by atoms with Crippen LogP contribution in [0.1, 0.15) is 5.56 Å². The summed E-state index contributed by atoms with van der Waals surface area (Å²) in [7, 11) is 0. The summed E-state index contributed by atoms with van der Waals surface area (Å²) in [6, 6.07) is 10.2. The van der Waals surface area contributed by atoms with E-state index in [-0.39, 0.29) is 12.4 Å². The molecule has 3 heteroatoms. The molecule has 0 amide bonds. The van der Waals surface area contributed by atoms with Crippen LogP contribution in [-0.2, 0) is 11.3 Å². The molecular formula is C9H11ClMgO. The molecule has 0 unspecified atom stereocenters. The summed E-state index contributed by atoms with van der Waals surface area (Å²) in [6.45, 7) is 1.62. The van der Waals surface area contributed by atoms with Crippen molar-refractivity contribution in [2.75, 3.05) is 6.61 Å². The molecule has 12 heavy (non-hydrogen) atoms. The van der Waals surface area contributed by atoms with Crippen molar-refractivity contribution in [3.8, 4) is 0 Å². The van der Waals surface area contributed by atoms with E-state index in [9.17, 15) is 0 Å². The first-order valence-corrected chi connectivity index (χ1v) is 4.84. The number of benzene rings is 1. The Balaban J connectivity index is 0.00000121. The molecule has 0 N–H and O–H groups in total. The third-order valence-corrected chi connectivity index (χ3v) is 1.69. The van der Waals surface area contributed by atoms with Crippen LogP contribution < -0.4 is 12.4 Å². The molecule has 0 heterocycles. The van der Waals surface area contributed by atoms with Crippen LogP contribution in [0.2, 0.25) is 4.55 Å². The zero-order chi connectivity index (χ0) is 7.94. The Labute approximate surface area is 92.3 Å². The first-order chi connectivity index (χ1) is 5.43. The van der Waals surface area contributed by atoms with Gasteiger partial charge >= 0.3 is 80.1 Å². The van der Waals surface area contributed by atoms with Gasteiger partial charge in [-0.25, -0.2) is 0 Å². The van der Waals surface area contributed by atoms with Gasteiger partial charge in [-0.2, -0.15) is 0 Å². The van der Waals surface area contributed by atoms with Crippen LogP contribution in [0.25, 0.3) is 0 Å². The first kappa shape index (κ1) is 12.2. The summed E-state index contributed by atoms with van der Waals surface area (Å²) in [6.07, 6.45) is 0. The van der Waals surface area contributed by atoms with E-state index in [2.05, 4.69) is 12.1 Å². The maximum absolute atomic E-state index is 5.38. The second kappa shape index (κ2) is 7.86. The maximum atomic E-state index is 5.38. The Morgan fingerprint density at radius 3 is 2.42 bits per heavy atom. The summed E-state index contributed by atoms with van der Waals surface area (Å²) >= 11 is 1.94. The number of rotatable bonds is 4. The topological polar surface area (TPSA) is 9.23 Å². The van der Waals surface area contributed by atoms with Crippen molar-refractivity contribution in [2.24, 2.45) is 0 Å². The fourth-order valence-electron chi connectivity index (χ4n) is 0.866. The standard InChI is InChI=1S/C9H11O.ClH.Mg/c1-2-10-8-9-6-4-3-5-7-9;;/h3-7H,1-2,8H2;1H;/q;;+1/p-1. The van der Waals surface area contributed by atoms with Crippen LogP contribution >= 0.6 is 0 Å². The molecule has 0 spiro atoms. The predicted octanol–water partition coefficient (Wildman–Crippen LogP) is -1.21. The molecule has 1 rings (SSSR count). The molecule has 0 aliphatic rings. The van der Waals surface area contributed by atoms with Crippen LogP contribution in [0, 0.1) is 0 Å². The second-order valence-electron chi connectivity index (χ2n) is 2.39. The SMILES string of the molecule is [Cl-].[Mg+][CH2]COCc1ccccc1. The van der Waals surface area contributed by atoms with Gasteiger partial charge in [-0.15, -0.1) is 0 Å². The van der Waals surface area contributed by atoms with Crippen LogP contribution in [0.4, 0.5) is 0 Å². The van der Waals surface area contributed by atoms with Crippen LogP contribution in [0.5, 0.6) is 0 Å². The number of halogens is 1. The molecule has 0 saturated heterocycles. The van der Waals surface area contributed by atoms with Gasteiger partial charge in [-0.3, -0.25) is 0 Å².